The predicted octanol–water partition coefficient (Wildman–Crippen LogP) is 2.18. The smallest absolute Gasteiger partial charge is 0.271 e. The lowest BCUT2D eigenvalue weighted by Crippen LogP contribution is -2.44. The highest BCUT2D eigenvalue weighted by Gasteiger charge is 2.36. The Balaban J connectivity index is 1.82. The molecule has 0 spiro atoms. The number of aliphatic hydroxyl groups is 1. The van der Waals surface area contributed by atoms with Gasteiger partial charge in [0.25, 0.3) is 12.3 Å². The summed E-state index contributed by atoms with van der Waals surface area (Å²) >= 11 is 6.05. The van der Waals surface area contributed by atoms with E-state index in [-0.39, 0.29) is 19.1 Å². The SMILES string of the molecule is CCc1cccc(OC2NC(NC)=C(C(=O)NCCOCCO)N2Cc2ccc(Cl)cc2)c1. The Kier molecular flexibility index (Phi) is 9.24. The first kappa shape index (κ1) is 24.7. The number of nitrogens with zero attached hydrogens (tertiary/aromatic N) is 1. The van der Waals surface area contributed by atoms with E-state index in [1.54, 1.807) is 7.05 Å². The van der Waals surface area contributed by atoms with Gasteiger partial charge in [0.1, 0.15) is 17.3 Å². The van der Waals surface area contributed by atoms with Crippen LogP contribution in [0.15, 0.2) is 60.0 Å². The van der Waals surface area contributed by atoms with Gasteiger partial charge in [-0.15, -0.1) is 0 Å². The Hall–Kier alpha value is -2.94. The molecule has 4 N–H and O–H groups in total. The molecule has 3 rings (SSSR count). The van der Waals surface area contributed by atoms with Crippen molar-refractivity contribution in [3.63, 3.8) is 0 Å². The third kappa shape index (κ3) is 6.77. The number of hydrogen-bond donors (Lipinski definition) is 4. The van der Waals surface area contributed by atoms with Gasteiger partial charge in [-0.1, -0.05) is 42.8 Å². The molecule has 0 bridgehead atoms. The summed E-state index contributed by atoms with van der Waals surface area (Å²) in [5.41, 5.74) is 2.58. The van der Waals surface area contributed by atoms with E-state index in [9.17, 15) is 4.79 Å². The van der Waals surface area contributed by atoms with Crippen molar-refractivity contribution in [1.82, 2.24) is 20.9 Å². The van der Waals surface area contributed by atoms with Gasteiger partial charge in [-0.3, -0.25) is 4.79 Å². The number of rotatable bonds is 12. The molecule has 0 saturated carbocycles. The van der Waals surface area contributed by atoms with E-state index >= 15 is 0 Å². The summed E-state index contributed by atoms with van der Waals surface area (Å²) in [6, 6.07) is 15.4. The maximum absolute atomic E-state index is 13.1. The van der Waals surface area contributed by atoms with Crippen LogP contribution < -0.4 is 20.7 Å². The molecule has 178 valence electrons. The lowest BCUT2D eigenvalue weighted by Gasteiger charge is -2.28. The fourth-order valence-electron chi connectivity index (χ4n) is 3.46. The fraction of sp³-hybridized carbons (Fsp3) is 0.375. The van der Waals surface area contributed by atoms with Gasteiger partial charge in [0, 0.05) is 25.2 Å². The number of carbonyl (C=O) groups is 1. The van der Waals surface area contributed by atoms with Crippen LogP contribution in [0, 0.1) is 0 Å². The summed E-state index contributed by atoms with van der Waals surface area (Å²) in [6.45, 7) is 3.32. The second kappa shape index (κ2) is 12.3. The molecule has 0 aromatic heterocycles. The van der Waals surface area contributed by atoms with Crippen molar-refractivity contribution in [2.45, 2.75) is 26.2 Å². The van der Waals surface area contributed by atoms with Gasteiger partial charge in [0.15, 0.2) is 0 Å². The normalized spacial score (nSPS) is 15.4. The van der Waals surface area contributed by atoms with E-state index < -0.39 is 6.35 Å². The predicted molar refractivity (Wildman–Crippen MR) is 127 cm³/mol. The highest BCUT2D eigenvalue weighted by molar-refractivity contribution is 6.30. The molecule has 1 aliphatic rings. The fourth-order valence-corrected chi connectivity index (χ4v) is 3.59. The van der Waals surface area contributed by atoms with Crippen LogP contribution in [-0.4, -0.2) is 55.7 Å². The molecule has 8 nitrogen and oxygen atoms in total. The summed E-state index contributed by atoms with van der Waals surface area (Å²) in [4.78, 5) is 15.0. The zero-order chi connectivity index (χ0) is 23.6. The van der Waals surface area contributed by atoms with E-state index in [4.69, 9.17) is 26.2 Å². The van der Waals surface area contributed by atoms with Crippen LogP contribution in [0.4, 0.5) is 0 Å². The highest BCUT2D eigenvalue weighted by atomic mass is 35.5. The molecule has 0 saturated heterocycles. The number of amides is 1. The largest absolute Gasteiger partial charge is 0.452 e. The van der Waals surface area contributed by atoms with Crippen LogP contribution in [0.2, 0.25) is 5.02 Å². The summed E-state index contributed by atoms with van der Waals surface area (Å²) in [5.74, 6) is 1.01. The molecule has 1 heterocycles. The summed E-state index contributed by atoms with van der Waals surface area (Å²) in [6.07, 6.45) is 0.303. The Morgan fingerprint density at radius 1 is 1.18 bits per heavy atom. The van der Waals surface area contributed by atoms with Crippen molar-refractivity contribution in [2.24, 2.45) is 0 Å². The van der Waals surface area contributed by atoms with Gasteiger partial charge in [0.2, 0.25) is 0 Å². The monoisotopic (exact) mass is 474 g/mol. The van der Waals surface area contributed by atoms with Crippen LogP contribution in [0.3, 0.4) is 0 Å². The van der Waals surface area contributed by atoms with Gasteiger partial charge in [-0.25, -0.2) is 0 Å². The minimum atomic E-state index is -0.596. The molecule has 9 heteroatoms. The number of aryl methyl sites for hydroxylation is 1. The number of nitrogens with one attached hydrogen (secondary N) is 3. The number of aliphatic hydroxyl groups excluding tert-OH is 1. The van der Waals surface area contributed by atoms with Crippen molar-refractivity contribution in [3.05, 3.63) is 76.2 Å². The molecule has 1 aliphatic heterocycles. The van der Waals surface area contributed by atoms with E-state index in [1.807, 2.05) is 47.4 Å². The quantitative estimate of drug-likeness (QED) is 0.350. The summed E-state index contributed by atoms with van der Waals surface area (Å²) < 4.78 is 11.5. The van der Waals surface area contributed by atoms with Crippen LogP contribution in [0.1, 0.15) is 18.1 Å². The first-order valence-electron chi connectivity index (χ1n) is 11.0. The van der Waals surface area contributed by atoms with Crippen molar-refractivity contribution in [1.29, 1.82) is 0 Å². The average Bonchev–Trinajstić information content (AvgIpc) is 3.17. The maximum atomic E-state index is 13.1. The maximum Gasteiger partial charge on any atom is 0.271 e. The van der Waals surface area contributed by atoms with Crippen molar-refractivity contribution in [2.75, 3.05) is 33.4 Å². The van der Waals surface area contributed by atoms with Gasteiger partial charge in [0.05, 0.1) is 19.8 Å². The zero-order valence-electron chi connectivity index (χ0n) is 18.9. The molecule has 1 unspecified atom stereocenters. The Morgan fingerprint density at radius 2 is 1.97 bits per heavy atom. The average molecular weight is 475 g/mol. The molecular weight excluding hydrogens is 444 g/mol. The molecule has 0 radical (unpaired) electrons. The number of carbonyl (C=O) groups excluding carboxylic acids is 1. The minimum absolute atomic E-state index is 0.0555. The number of halogens is 1. The molecule has 0 aliphatic carbocycles. The lowest BCUT2D eigenvalue weighted by atomic mass is 10.2. The second-order valence-electron chi connectivity index (χ2n) is 7.44. The first-order valence-corrected chi connectivity index (χ1v) is 11.4. The third-order valence-electron chi connectivity index (χ3n) is 5.13. The standard InChI is InChI=1S/C24H31ClN4O4/c1-3-17-5-4-6-20(15-17)33-24-28-22(26-2)21(23(31)27-11-13-32-14-12-30)29(24)16-18-7-9-19(25)10-8-18/h4-10,15,24,26,28,30H,3,11-14,16H2,1-2H3,(H,27,31). The molecule has 0 fully saturated rings. The number of ether oxygens (including phenoxy) is 2. The summed E-state index contributed by atoms with van der Waals surface area (Å²) in [5, 5.41) is 18.7. The summed E-state index contributed by atoms with van der Waals surface area (Å²) in [7, 11) is 1.75. The Bertz CT molecular complexity index is 952. The highest BCUT2D eigenvalue weighted by Crippen LogP contribution is 2.26. The Morgan fingerprint density at radius 3 is 2.67 bits per heavy atom. The van der Waals surface area contributed by atoms with Crippen LogP contribution in [0.5, 0.6) is 5.75 Å². The molecular formula is C24H31ClN4O4. The van der Waals surface area contributed by atoms with Crippen LogP contribution in [0.25, 0.3) is 0 Å². The van der Waals surface area contributed by atoms with Gasteiger partial charge < -0.3 is 35.4 Å². The number of hydrogen-bond acceptors (Lipinski definition) is 7. The van der Waals surface area contributed by atoms with Gasteiger partial charge >= 0.3 is 0 Å². The van der Waals surface area contributed by atoms with E-state index in [0.717, 1.165) is 17.5 Å². The van der Waals surface area contributed by atoms with E-state index in [1.165, 1.54) is 0 Å². The van der Waals surface area contributed by atoms with Gasteiger partial charge in [-0.05, 0) is 41.8 Å². The van der Waals surface area contributed by atoms with Gasteiger partial charge in [-0.2, -0.15) is 0 Å². The van der Waals surface area contributed by atoms with Crippen molar-refractivity contribution < 1.29 is 19.4 Å². The molecule has 33 heavy (non-hydrogen) atoms. The Labute approximate surface area is 199 Å². The van der Waals surface area contributed by atoms with Crippen molar-refractivity contribution in [3.8, 4) is 5.75 Å². The minimum Gasteiger partial charge on any atom is -0.452 e. The van der Waals surface area contributed by atoms with E-state index in [0.29, 0.717) is 42.0 Å². The number of benzene rings is 2. The molecule has 2 aromatic rings. The van der Waals surface area contributed by atoms with Crippen LogP contribution >= 0.6 is 11.6 Å². The first-order chi connectivity index (χ1) is 16.0. The molecule has 2 aromatic carbocycles. The third-order valence-corrected chi connectivity index (χ3v) is 5.38. The molecule has 1 amide bonds. The topological polar surface area (TPSA) is 95.1 Å². The lowest BCUT2D eigenvalue weighted by molar-refractivity contribution is -0.120. The van der Waals surface area contributed by atoms with Crippen molar-refractivity contribution >= 4 is 17.5 Å². The van der Waals surface area contributed by atoms with Crippen LogP contribution in [-0.2, 0) is 22.5 Å². The second-order valence-corrected chi connectivity index (χ2v) is 7.87. The molecule has 1 atom stereocenters. The zero-order valence-corrected chi connectivity index (χ0v) is 19.7. The van der Waals surface area contributed by atoms with E-state index in [2.05, 4.69) is 28.9 Å².